The maximum atomic E-state index is 13.4. The smallest absolute Gasteiger partial charge is 0.145 e. The Morgan fingerprint density at radius 1 is 1.12 bits per heavy atom. The van der Waals surface area contributed by atoms with Gasteiger partial charge in [0.25, 0.3) is 0 Å². The van der Waals surface area contributed by atoms with Crippen LogP contribution in [0.3, 0.4) is 0 Å². The van der Waals surface area contributed by atoms with Crippen LogP contribution in [0.15, 0.2) is 78.0 Å². The van der Waals surface area contributed by atoms with Gasteiger partial charge in [0, 0.05) is 31.1 Å². The lowest BCUT2D eigenvalue weighted by Crippen LogP contribution is -2.39. The highest BCUT2D eigenvalue weighted by molar-refractivity contribution is 6.30. The first-order chi connectivity index (χ1) is 16.5. The number of halogens is 2. The zero-order valence-corrected chi connectivity index (χ0v) is 19.8. The topological polar surface area (TPSA) is 54.3 Å². The van der Waals surface area contributed by atoms with Gasteiger partial charge >= 0.3 is 0 Å². The van der Waals surface area contributed by atoms with Crippen molar-refractivity contribution in [1.82, 2.24) is 4.90 Å². The molecule has 0 radical (unpaired) electrons. The summed E-state index contributed by atoms with van der Waals surface area (Å²) in [6.45, 7) is 3.61. The van der Waals surface area contributed by atoms with Crippen molar-refractivity contribution < 1.29 is 19.1 Å². The number of rotatable bonds is 10. The molecule has 2 unspecified atom stereocenters. The Morgan fingerprint density at radius 2 is 1.85 bits per heavy atom. The van der Waals surface area contributed by atoms with Crippen LogP contribution in [0.1, 0.15) is 23.1 Å². The standard InChI is InChI=1S/C27H28ClFN2O3/c1-19-4-2-3-5-27(19)33-18-24(32)16-31(15-20-6-12-23(29)13-7-20)17-25-14-26(30-34-25)21-8-10-22(28)11-9-21/h2-13,24-25,32H,14-18H2,1H3. The molecule has 0 saturated heterocycles. The molecule has 3 aromatic rings. The summed E-state index contributed by atoms with van der Waals surface area (Å²) in [4.78, 5) is 7.79. The molecule has 1 heterocycles. The molecule has 0 aromatic heterocycles. The van der Waals surface area contributed by atoms with Crippen molar-refractivity contribution in [2.45, 2.75) is 32.1 Å². The van der Waals surface area contributed by atoms with Crippen LogP contribution in [0.4, 0.5) is 4.39 Å². The van der Waals surface area contributed by atoms with Crippen LogP contribution in [0.5, 0.6) is 5.75 Å². The molecule has 1 aliphatic heterocycles. The minimum absolute atomic E-state index is 0.157. The number of hydrogen-bond acceptors (Lipinski definition) is 5. The Kier molecular flexibility index (Phi) is 8.16. The second-order valence-corrected chi connectivity index (χ2v) is 8.96. The van der Waals surface area contributed by atoms with E-state index in [4.69, 9.17) is 21.2 Å². The van der Waals surface area contributed by atoms with Crippen LogP contribution in [0.25, 0.3) is 0 Å². The zero-order valence-electron chi connectivity index (χ0n) is 19.0. The van der Waals surface area contributed by atoms with E-state index in [0.717, 1.165) is 28.2 Å². The Hall–Kier alpha value is -2.93. The van der Waals surface area contributed by atoms with Gasteiger partial charge in [-0.2, -0.15) is 0 Å². The number of nitrogens with zero attached hydrogens (tertiary/aromatic N) is 2. The first kappa shape index (κ1) is 24.2. The first-order valence-electron chi connectivity index (χ1n) is 11.3. The molecule has 178 valence electrons. The summed E-state index contributed by atoms with van der Waals surface area (Å²) >= 11 is 5.99. The average Bonchev–Trinajstić information content (AvgIpc) is 3.29. The summed E-state index contributed by atoms with van der Waals surface area (Å²) in [5, 5.41) is 15.7. The fraction of sp³-hybridized carbons (Fsp3) is 0.296. The van der Waals surface area contributed by atoms with Crippen molar-refractivity contribution in [3.05, 3.63) is 100 Å². The number of benzene rings is 3. The van der Waals surface area contributed by atoms with E-state index in [2.05, 4.69) is 10.1 Å². The third-order valence-electron chi connectivity index (χ3n) is 5.69. The Labute approximate surface area is 204 Å². The molecular weight excluding hydrogens is 455 g/mol. The van der Waals surface area contributed by atoms with Gasteiger partial charge in [0.15, 0.2) is 0 Å². The van der Waals surface area contributed by atoms with E-state index in [9.17, 15) is 9.50 Å². The van der Waals surface area contributed by atoms with Gasteiger partial charge < -0.3 is 14.7 Å². The van der Waals surface area contributed by atoms with Crippen molar-refractivity contribution >= 4 is 17.3 Å². The summed E-state index contributed by atoms with van der Waals surface area (Å²) < 4.78 is 19.2. The van der Waals surface area contributed by atoms with Gasteiger partial charge in [0.1, 0.15) is 30.4 Å². The van der Waals surface area contributed by atoms with Gasteiger partial charge in [0.2, 0.25) is 0 Å². The molecule has 3 aromatic carbocycles. The highest BCUT2D eigenvalue weighted by Crippen LogP contribution is 2.21. The molecule has 0 saturated carbocycles. The zero-order chi connectivity index (χ0) is 23.9. The minimum Gasteiger partial charge on any atom is -0.491 e. The molecule has 0 fully saturated rings. The van der Waals surface area contributed by atoms with E-state index in [0.29, 0.717) is 31.1 Å². The Bertz CT molecular complexity index is 1110. The van der Waals surface area contributed by atoms with Crippen LogP contribution in [-0.4, -0.2) is 47.6 Å². The molecule has 1 N–H and O–H groups in total. The molecule has 7 heteroatoms. The van der Waals surface area contributed by atoms with Crippen LogP contribution < -0.4 is 4.74 Å². The van der Waals surface area contributed by atoms with Crippen molar-refractivity contribution in [2.75, 3.05) is 19.7 Å². The Balaban J connectivity index is 1.38. The van der Waals surface area contributed by atoms with Crippen LogP contribution in [0, 0.1) is 12.7 Å². The van der Waals surface area contributed by atoms with Crippen molar-refractivity contribution in [2.24, 2.45) is 5.16 Å². The third-order valence-corrected chi connectivity index (χ3v) is 5.94. The normalized spacial score (nSPS) is 16.3. The molecule has 1 aliphatic rings. The SMILES string of the molecule is Cc1ccccc1OCC(O)CN(Cc1ccc(F)cc1)CC1CC(c2ccc(Cl)cc2)=NO1. The number of para-hydroxylation sites is 1. The third kappa shape index (κ3) is 6.79. The molecule has 34 heavy (non-hydrogen) atoms. The fourth-order valence-corrected chi connectivity index (χ4v) is 4.06. The molecular formula is C27H28ClFN2O3. The number of hydrogen-bond donors (Lipinski definition) is 1. The predicted molar refractivity (Wildman–Crippen MR) is 132 cm³/mol. The fourth-order valence-electron chi connectivity index (χ4n) is 3.93. The molecule has 0 aliphatic carbocycles. The van der Waals surface area contributed by atoms with E-state index in [-0.39, 0.29) is 18.5 Å². The number of aryl methyl sites for hydroxylation is 1. The minimum atomic E-state index is -0.710. The summed E-state index contributed by atoms with van der Waals surface area (Å²) in [5.41, 5.74) is 3.81. The lowest BCUT2D eigenvalue weighted by atomic mass is 10.0. The van der Waals surface area contributed by atoms with Crippen molar-refractivity contribution in [1.29, 1.82) is 0 Å². The summed E-state index contributed by atoms with van der Waals surface area (Å²) in [6.07, 6.45) is -0.217. The van der Waals surface area contributed by atoms with Crippen molar-refractivity contribution in [3.63, 3.8) is 0 Å². The quantitative estimate of drug-likeness (QED) is 0.430. The number of ether oxygens (including phenoxy) is 1. The Morgan fingerprint density at radius 3 is 2.59 bits per heavy atom. The van der Waals surface area contributed by atoms with Gasteiger partial charge in [-0.1, -0.05) is 59.2 Å². The molecule has 0 bridgehead atoms. The maximum Gasteiger partial charge on any atom is 0.145 e. The summed E-state index contributed by atoms with van der Waals surface area (Å²) in [7, 11) is 0. The maximum absolute atomic E-state index is 13.4. The number of oxime groups is 1. The second kappa shape index (κ2) is 11.5. The summed E-state index contributed by atoms with van der Waals surface area (Å²) in [6, 6.07) is 21.6. The van der Waals surface area contributed by atoms with Gasteiger partial charge in [-0.15, -0.1) is 0 Å². The average molecular weight is 483 g/mol. The van der Waals surface area contributed by atoms with Gasteiger partial charge in [-0.3, -0.25) is 4.90 Å². The van der Waals surface area contributed by atoms with Crippen LogP contribution in [-0.2, 0) is 11.4 Å². The van der Waals surface area contributed by atoms with E-state index < -0.39 is 6.10 Å². The van der Waals surface area contributed by atoms with E-state index in [1.165, 1.54) is 12.1 Å². The van der Waals surface area contributed by atoms with Gasteiger partial charge in [-0.05, 0) is 53.9 Å². The van der Waals surface area contributed by atoms with E-state index in [1.807, 2.05) is 55.5 Å². The molecule has 0 spiro atoms. The lowest BCUT2D eigenvalue weighted by Gasteiger charge is -2.27. The van der Waals surface area contributed by atoms with Gasteiger partial charge in [0.05, 0.1) is 5.71 Å². The van der Waals surface area contributed by atoms with E-state index >= 15 is 0 Å². The molecule has 5 nitrogen and oxygen atoms in total. The predicted octanol–water partition coefficient (Wildman–Crippen LogP) is 5.22. The monoisotopic (exact) mass is 482 g/mol. The summed E-state index contributed by atoms with van der Waals surface area (Å²) in [5.74, 6) is 0.480. The highest BCUT2D eigenvalue weighted by Gasteiger charge is 2.26. The first-order valence-corrected chi connectivity index (χ1v) is 11.7. The highest BCUT2D eigenvalue weighted by atomic mass is 35.5. The number of aliphatic hydroxyl groups excluding tert-OH is 1. The number of aliphatic hydroxyl groups is 1. The van der Waals surface area contributed by atoms with Gasteiger partial charge in [-0.25, -0.2) is 4.39 Å². The largest absolute Gasteiger partial charge is 0.491 e. The lowest BCUT2D eigenvalue weighted by molar-refractivity contribution is 0.0212. The van der Waals surface area contributed by atoms with Crippen LogP contribution >= 0.6 is 11.6 Å². The second-order valence-electron chi connectivity index (χ2n) is 8.53. The molecule has 4 rings (SSSR count). The van der Waals surface area contributed by atoms with Crippen LogP contribution in [0.2, 0.25) is 5.02 Å². The van der Waals surface area contributed by atoms with Crippen molar-refractivity contribution in [3.8, 4) is 5.75 Å². The van der Waals surface area contributed by atoms with E-state index in [1.54, 1.807) is 12.1 Å². The molecule has 2 atom stereocenters. The molecule has 0 amide bonds.